The molecule has 0 aromatic heterocycles. The van der Waals surface area contributed by atoms with Crippen LogP contribution in [0.3, 0.4) is 0 Å². The van der Waals surface area contributed by atoms with Gasteiger partial charge in [-0.05, 0) is 43.2 Å². The molecule has 1 aliphatic heterocycles. The quantitative estimate of drug-likeness (QED) is 0.859. The monoisotopic (exact) mass is 396 g/mol. The van der Waals surface area contributed by atoms with Crippen LogP contribution in [-0.2, 0) is 14.8 Å². The molecular weight excluding hydrogens is 379 g/mol. The molecular formula is C18H18ClFN2O3S. The summed E-state index contributed by atoms with van der Waals surface area (Å²) < 4.78 is 39.9. The lowest BCUT2D eigenvalue weighted by Crippen LogP contribution is -2.41. The predicted molar refractivity (Wildman–Crippen MR) is 98.0 cm³/mol. The highest BCUT2D eigenvalue weighted by Gasteiger charge is 2.32. The molecule has 1 aliphatic rings. The summed E-state index contributed by atoms with van der Waals surface area (Å²) in [7, 11) is -3.76. The number of amides is 1. The first-order valence-electron chi connectivity index (χ1n) is 8.19. The number of nitrogens with zero attached hydrogens (tertiary/aromatic N) is 1. The molecule has 1 N–H and O–H groups in total. The highest BCUT2D eigenvalue weighted by atomic mass is 35.5. The summed E-state index contributed by atoms with van der Waals surface area (Å²) in [6.45, 7) is 0.453. The van der Waals surface area contributed by atoms with E-state index in [0.717, 1.165) is 12.1 Å². The van der Waals surface area contributed by atoms with Crippen LogP contribution in [0.25, 0.3) is 0 Å². The number of piperidine rings is 1. The second-order valence-electron chi connectivity index (χ2n) is 6.11. The van der Waals surface area contributed by atoms with Gasteiger partial charge in [-0.3, -0.25) is 4.79 Å². The Morgan fingerprint density at radius 1 is 1.12 bits per heavy atom. The number of benzene rings is 2. The molecule has 138 valence electrons. The van der Waals surface area contributed by atoms with Crippen molar-refractivity contribution in [3.63, 3.8) is 0 Å². The number of carbonyl (C=O) groups is 1. The van der Waals surface area contributed by atoms with Gasteiger partial charge in [0.25, 0.3) is 0 Å². The van der Waals surface area contributed by atoms with Gasteiger partial charge in [0.2, 0.25) is 15.9 Å². The number of sulfonamides is 1. The summed E-state index contributed by atoms with van der Waals surface area (Å²) in [6.07, 6.45) is 0.847. The Bertz CT molecular complexity index is 898. The topological polar surface area (TPSA) is 66.5 Å². The van der Waals surface area contributed by atoms with Crippen molar-refractivity contribution >= 4 is 33.2 Å². The molecule has 0 spiro atoms. The number of hydrogen-bond acceptors (Lipinski definition) is 3. The van der Waals surface area contributed by atoms with E-state index in [1.165, 1.54) is 10.4 Å². The molecule has 1 heterocycles. The minimum absolute atomic E-state index is 0.0453. The fraction of sp³-hybridized carbons (Fsp3) is 0.278. The number of hydrogen-bond donors (Lipinski definition) is 1. The van der Waals surface area contributed by atoms with E-state index in [1.807, 2.05) is 18.2 Å². The van der Waals surface area contributed by atoms with E-state index in [2.05, 4.69) is 5.32 Å². The maximum absolute atomic E-state index is 13.3. The molecule has 8 heteroatoms. The average Bonchev–Trinajstić information content (AvgIpc) is 2.65. The van der Waals surface area contributed by atoms with E-state index in [0.29, 0.717) is 18.5 Å². The van der Waals surface area contributed by atoms with Crippen molar-refractivity contribution in [2.75, 3.05) is 18.4 Å². The molecule has 2 aromatic rings. The number of rotatable bonds is 4. The summed E-state index contributed by atoms with van der Waals surface area (Å²) in [6, 6.07) is 12.5. The SMILES string of the molecule is O=C(Nc1ccccc1)C1CCN(S(=O)(=O)c2ccc(F)c(Cl)c2)CC1. The van der Waals surface area contributed by atoms with Crippen LogP contribution >= 0.6 is 11.6 Å². The van der Waals surface area contributed by atoms with Crippen LogP contribution in [0.1, 0.15) is 12.8 Å². The number of halogens is 2. The van der Waals surface area contributed by atoms with Crippen molar-refractivity contribution < 1.29 is 17.6 Å². The second-order valence-corrected chi connectivity index (χ2v) is 8.45. The highest BCUT2D eigenvalue weighted by Crippen LogP contribution is 2.27. The number of anilines is 1. The predicted octanol–water partition coefficient (Wildman–Crippen LogP) is 3.52. The van der Waals surface area contributed by atoms with E-state index in [-0.39, 0.29) is 34.8 Å². The second kappa shape index (κ2) is 7.73. The van der Waals surface area contributed by atoms with E-state index in [4.69, 9.17) is 11.6 Å². The van der Waals surface area contributed by atoms with Gasteiger partial charge >= 0.3 is 0 Å². The normalized spacial score (nSPS) is 16.4. The standard InChI is InChI=1S/C18H18ClFN2O3S/c19-16-12-15(6-7-17(16)20)26(24,25)22-10-8-13(9-11-22)18(23)21-14-4-2-1-3-5-14/h1-7,12-13H,8-11H2,(H,21,23). The number of carbonyl (C=O) groups excluding carboxylic acids is 1. The van der Waals surface area contributed by atoms with Crippen LogP contribution in [0.15, 0.2) is 53.4 Å². The third-order valence-corrected chi connectivity index (χ3v) is 6.58. The molecule has 5 nitrogen and oxygen atoms in total. The van der Waals surface area contributed by atoms with Crippen LogP contribution in [0, 0.1) is 11.7 Å². The van der Waals surface area contributed by atoms with Gasteiger partial charge in [0, 0.05) is 24.7 Å². The molecule has 1 amide bonds. The first-order chi connectivity index (χ1) is 12.4. The lowest BCUT2D eigenvalue weighted by Gasteiger charge is -2.30. The van der Waals surface area contributed by atoms with E-state index >= 15 is 0 Å². The van der Waals surface area contributed by atoms with Gasteiger partial charge in [-0.25, -0.2) is 12.8 Å². The van der Waals surface area contributed by atoms with Gasteiger partial charge in [0.05, 0.1) is 9.92 Å². The lowest BCUT2D eigenvalue weighted by molar-refractivity contribution is -0.120. The van der Waals surface area contributed by atoms with Gasteiger partial charge < -0.3 is 5.32 Å². The van der Waals surface area contributed by atoms with Crippen LogP contribution in [-0.4, -0.2) is 31.7 Å². The average molecular weight is 397 g/mol. The summed E-state index contributed by atoms with van der Waals surface area (Å²) in [5, 5.41) is 2.61. The molecule has 2 aromatic carbocycles. The third-order valence-electron chi connectivity index (χ3n) is 4.39. The summed E-state index contributed by atoms with van der Waals surface area (Å²) in [5.74, 6) is -1.03. The number of nitrogens with one attached hydrogen (secondary N) is 1. The Kier molecular flexibility index (Phi) is 5.60. The van der Waals surface area contributed by atoms with E-state index in [1.54, 1.807) is 12.1 Å². The maximum atomic E-state index is 13.3. The highest BCUT2D eigenvalue weighted by molar-refractivity contribution is 7.89. The Labute approximate surface area is 156 Å². The van der Waals surface area contributed by atoms with Gasteiger partial charge in [0.1, 0.15) is 5.82 Å². The van der Waals surface area contributed by atoms with Crippen molar-refractivity contribution in [3.05, 3.63) is 59.4 Å². The molecule has 0 atom stereocenters. The minimum Gasteiger partial charge on any atom is -0.326 e. The van der Waals surface area contributed by atoms with Crippen LogP contribution in [0.4, 0.5) is 10.1 Å². The van der Waals surface area contributed by atoms with Gasteiger partial charge in [-0.1, -0.05) is 29.8 Å². The fourth-order valence-electron chi connectivity index (χ4n) is 2.91. The first kappa shape index (κ1) is 18.8. The van der Waals surface area contributed by atoms with E-state index < -0.39 is 15.8 Å². The van der Waals surface area contributed by atoms with Gasteiger partial charge in [-0.15, -0.1) is 0 Å². The molecule has 1 fully saturated rings. The third kappa shape index (κ3) is 4.06. The molecule has 26 heavy (non-hydrogen) atoms. The Morgan fingerprint density at radius 2 is 1.77 bits per heavy atom. The molecule has 1 saturated heterocycles. The van der Waals surface area contributed by atoms with Gasteiger partial charge in [-0.2, -0.15) is 4.31 Å². The lowest BCUT2D eigenvalue weighted by atomic mass is 9.97. The largest absolute Gasteiger partial charge is 0.326 e. The Balaban J connectivity index is 1.64. The zero-order valence-corrected chi connectivity index (χ0v) is 15.4. The van der Waals surface area contributed by atoms with Crippen molar-refractivity contribution in [2.24, 2.45) is 5.92 Å². The van der Waals surface area contributed by atoms with Crippen molar-refractivity contribution in [1.82, 2.24) is 4.31 Å². The van der Waals surface area contributed by atoms with E-state index in [9.17, 15) is 17.6 Å². The fourth-order valence-corrected chi connectivity index (χ4v) is 4.65. The molecule has 0 radical (unpaired) electrons. The first-order valence-corrected chi connectivity index (χ1v) is 10.0. The molecule has 0 aliphatic carbocycles. The molecule has 0 bridgehead atoms. The van der Waals surface area contributed by atoms with Crippen LogP contribution in [0.2, 0.25) is 5.02 Å². The van der Waals surface area contributed by atoms with Crippen LogP contribution < -0.4 is 5.32 Å². The summed E-state index contributed by atoms with van der Waals surface area (Å²) >= 11 is 5.69. The summed E-state index contributed by atoms with van der Waals surface area (Å²) in [4.78, 5) is 12.3. The Morgan fingerprint density at radius 3 is 2.38 bits per heavy atom. The van der Waals surface area contributed by atoms with Crippen LogP contribution in [0.5, 0.6) is 0 Å². The van der Waals surface area contributed by atoms with Crippen molar-refractivity contribution in [2.45, 2.75) is 17.7 Å². The van der Waals surface area contributed by atoms with Crippen molar-refractivity contribution in [1.29, 1.82) is 0 Å². The zero-order valence-electron chi connectivity index (χ0n) is 13.9. The molecule has 0 saturated carbocycles. The maximum Gasteiger partial charge on any atom is 0.243 e. The molecule has 3 rings (SSSR count). The van der Waals surface area contributed by atoms with Crippen molar-refractivity contribution in [3.8, 4) is 0 Å². The summed E-state index contributed by atoms with van der Waals surface area (Å²) in [5.41, 5.74) is 0.716. The smallest absolute Gasteiger partial charge is 0.243 e. The zero-order chi connectivity index (χ0) is 18.7. The van der Waals surface area contributed by atoms with Gasteiger partial charge in [0.15, 0.2) is 0 Å². The minimum atomic E-state index is -3.76. The Hall–Kier alpha value is -1.96. The molecule has 0 unspecified atom stereocenters. The number of para-hydroxylation sites is 1.